The maximum Gasteiger partial charge on any atom is 0.534 e. The molecule has 3 rings (SSSR count). The SMILES string of the molecule is C[C@@H](/C=C(\CNC(=O)OCc1ccccc1)OS(=O)(=O)C(F)(F)F)C(=O)N[C@@H]1CCCc2ccccc21. The lowest BCUT2D eigenvalue weighted by atomic mass is 9.87. The van der Waals surface area contributed by atoms with Crippen LogP contribution in [0, 0.1) is 5.92 Å². The number of nitrogens with one attached hydrogen (secondary N) is 2. The van der Waals surface area contributed by atoms with E-state index < -0.39 is 45.8 Å². The van der Waals surface area contributed by atoms with E-state index in [0.29, 0.717) is 12.0 Å². The summed E-state index contributed by atoms with van der Waals surface area (Å²) in [6.45, 7) is 0.503. The van der Waals surface area contributed by atoms with Gasteiger partial charge >= 0.3 is 21.7 Å². The number of carbonyl (C=O) groups excluding carboxylic acids is 2. The van der Waals surface area contributed by atoms with E-state index in [1.807, 2.05) is 24.3 Å². The summed E-state index contributed by atoms with van der Waals surface area (Å²) in [6, 6.07) is 15.9. The van der Waals surface area contributed by atoms with Gasteiger partial charge < -0.3 is 19.6 Å². The average molecular weight is 541 g/mol. The molecule has 0 saturated carbocycles. The number of carbonyl (C=O) groups is 2. The summed E-state index contributed by atoms with van der Waals surface area (Å²) >= 11 is 0. The van der Waals surface area contributed by atoms with Gasteiger partial charge in [-0.1, -0.05) is 54.6 Å². The Morgan fingerprint density at radius 2 is 1.78 bits per heavy atom. The van der Waals surface area contributed by atoms with Crippen molar-refractivity contribution in [1.29, 1.82) is 0 Å². The fourth-order valence-electron chi connectivity index (χ4n) is 3.80. The number of alkyl halides is 3. The highest BCUT2D eigenvalue weighted by molar-refractivity contribution is 7.87. The number of halogens is 3. The number of benzene rings is 2. The number of ether oxygens (including phenoxy) is 1. The second kappa shape index (κ2) is 12.1. The lowest BCUT2D eigenvalue weighted by molar-refractivity contribution is -0.124. The molecule has 1 aliphatic carbocycles. The van der Waals surface area contributed by atoms with Crippen molar-refractivity contribution in [2.24, 2.45) is 5.92 Å². The third-order valence-corrected chi connectivity index (χ3v) is 6.66. The van der Waals surface area contributed by atoms with Gasteiger partial charge in [0.05, 0.1) is 18.5 Å². The molecule has 2 amide bonds. The number of rotatable bonds is 9. The molecule has 2 N–H and O–H groups in total. The largest absolute Gasteiger partial charge is 0.534 e. The second-order valence-corrected chi connectivity index (χ2v) is 10.0. The van der Waals surface area contributed by atoms with Crippen LogP contribution in [0.5, 0.6) is 0 Å². The first-order valence-corrected chi connectivity index (χ1v) is 12.9. The van der Waals surface area contributed by atoms with Crippen LogP contribution in [0.3, 0.4) is 0 Å². The van der Waals surface area contributed by atoms with Crippen LogP contribution in [0.1, 0.15) is 42.5 Å². The Kier molecular flexibility index (Phi) is 9.19. The van der Waals surface area contributed by atoms with Crippen molar-refractivity contribution in [2.45, 2.75) is 44.3 Å². The molecule has 0 bridgehead atoms. The van der Waals surface area contributed by atoms with Crippen LogP contribution in [-0.2, 0) is 36.9 Å². The molecule has 0 fully saturated rings. The molecule has 2 aromatic carbocycles. The average Bonchev–Trinajstić information content (AvgIpc) is 2.86. The van der Waals surface area contributed by atoms with Crippen LogP contribution < -0.4 is 10.6 Å². The zero-order chi connectivity index (χ0) is 27.1. The van der Waals surface area contributed by atoms with Crippen LogP contribution in [0.15, 0.2) is 66.4 Å². The summed E-state index contributed by atoms with van der Waals surface area (Å²) in [4.78, 5) is 24.8. The predicted octanol–water partition coefficient (Wildman–Crippen LogP) is 4.49. The molecule has 200 valence electrons. The molecule has 0 heterocycles. The monoisotopic (exact) mass is 540 g/mol. The summed E-state index contributed by atoms with van der Waals surface area (Å²) in [5.74, 6) is -2.39. The minimum Gasteiger partial charge on any atom is -0.445 e. The summed E-state index contributed by atoms with van der Waals surface area (Å²) in [7, 11) is -6.03. The molecule has 0 radical (unpaired) electrons. The third-order valence-electron chi connectivity index (χ3n) is 5.66. The van der Waals surface area contributed by atoms with Crippen LogP contribution in [0.25, 0.3) is 0 Å². The zero-order valence-corrected chi connectivity index (χ0v) is 20.8. The molecule has 8 nitrogen and oxygen atoms in total. The summed E-state index contributed by atoms with van der Waals surface area (Å²) in [5, 5.41) is 5.00. The highest BCUT2D eigenvalue weighted by atomic mass is 32.2. The van der Waals surface area contributed by atoms with E-state index >= 15 is 0 Å². The van der Waals surface area contributed by atoms with Crippen molar-refractivity contribution in [3.05, 3.63) is 83.1 Å². The van der Waals surface area contributed by atoms with Gasteiger partial charge in [-0.05, 0) is 49.0 Å². The molecular weight excluding hydrogens is 513 g/mol. The van der Waals surface area contributed by atoms with Gasteiger partial charge in [-0.2, -0.15) is 21.6 Å². The van der Waals surface area contributed by atoms with Gasteiger partial charge in [-0.25, -0.2) is 4.79 Å². The Morgan fingerprint density at radius 3 is 2.49 bits per heavy atom. The van der Waals surface area contributed by atoms with Crippen molar-refractivity contribution < 1.29 is 40.1 Å². The molecular formula is C25H27F3N2O6S. The van der Waals surface area contributed by atoms with Gasteiger partial charge in [0.25, 0.3) is 0 Å². The maximum absolute atomic E-state index is 12.9. The Balaban J connectivity index is 1.68. The molecule has 0 spiro atoms. The first-order valence-electron chi connectivity index (χ1n) is 11.5. The van der Waals surface area contributed by atoms with Crippen LogP contribution in [0.4, 0.5) is 18.0 Å². The van der Waals surface area contributed by atoms with E-state index in [2.05, 4.69) is 14.8 Å². The lowest BCUT2D eigenvalue weighted by Crippen LogP contribution is -2.35. The molecule has 2 aromatic rings. The van der Waals surface area contributed by atoms with Gasteiger partial charge in [-0.3, -0.25) is 4.79 Å². The van der Waals surface area contributed by atoms with Crippen molar-refractivity contribution in [3.8, 4) is 0 Å². The quantitative estimate of drug-likeness (QED) is 0.276. The normalized spacial score (nSPS) is 16.8. The summed E-state index contributed by atoms with van der Waals surface area (Å²) in [5.41, 5.74) is -2.98. The lowest BCUT2D eigenvalue weighted by Gasteiger charge is -2.27. The number of fused-ring (bicyclic) bond motifs is 1. The second-order valence-electron chi connectivity index (χ2n) is 8.47. The van der Waals surface area contributed by atoms with Crippen molar-refractivity contribution in [2.75, 3.05) is 6.54 Å². The van der Waals surface area contributed by atoms with Gasteiger partial charge in [0, 0.05) is 0 Å². The Labute approximate surface area is 213 Å². The van der Waals surface area contributed by atoms with Crippen LogP contribution in [0.2, 0.25) is 0 Å². The fraction of sp³-hybridized carbons (Fsp3) is 0.360. The van der Waals surface area contributed by atoms with Crippen molar-refractivity contribution >= 4 is 22.1 Å². The smallest absolute Gasteiger partial charge is 0.445 e. The number of alkyl carbamates (subject to hydrolysis) is 1. The number of aryl methyl sites for hydroxylation is 1. The minimum atomic E-state index is -6.03. The van der Waals surface area contributed by atoms with E-state index in [0.717, 1.165) is 30.0 Å². The molecule has 2 atom stereocenters. The van der Waals surface area contributed by atoms with E-state index in [1.165, 1.54) is 6.92 Å². The topological polar surface area (TPSA) is 111 Å². The number of amides is 2. The van der Waals surface area contributed by atoms with Gasteiger partial charge in [0.15, 0.2) is 0 Å². The van der Waals surface area contributed by atoms with E-state index in [4.69, 9.17) is 4.74 Å². The molecule has 1 aliphatic rings. The highest BCUT2D eigenvalue weighted by Gasteiger charge is 2.49. The Bertz CT molecular complexity index is 1230. The first-order chi connectivity index (χ1) is 17.5. The highest BCUT2D eigenvalue weighted by Crippen LogP contribution is 2.30. The summed E-state index contributed by atoms with van der Waals surface area (Å²) in [6.07, 6.45) is 2.31. The molecule has 0 unspecified atom stereocenters. The van der Waals surface area contributed by atoms with Gasteiger partial charge in [0.1, 0.15) is 12.4 Å². The van der Waals surface area contributed by atoms with Gasteiger partial charge in [-0.15, -0.1) is 0 Å². The van der Waals surface area contributed by atoms with Crippen molar-refractivity contribution in [1.82, 2.24) is 10.6 Å². The first kappa shape index (κ1) is 28.0. The van der Waals surface area contributed by atoms with Gasteiger partial charge in [0.2, 0.25) is 5.91 Å². The minimum absolute atomic E-state index is 0.116. The van der Waals surface area contributed by atoms with E-state index in [9.17, 15) is 31.2 Å². The maximum atomic E-state index is 12.9. The van der Waals surface area contributed by atoms with Crippen LogP contribution in [-0.4, -0.2) is 32.5 Å². The molecule has 0 aromatic heterocycles. The molecule has 12 heteroatoms. The van der Waals surface area contributed by atoms with Crippen molar-refractivity contribution in [3.63, 3.8) is 0 Å². The summed E-state index contributed by atoms with van der Waals surface area (Å²) < 4.78 is 71.1. The third kappa shape index (κ3) is 7.97. The standard InChI is InChI=1S/C25H27F3N2O6S/c1-17(23(31)30-22-13-7-11-19-10-5-6-12-21(19)22)14-20(36-37(33,34)25(26,27)28)15-29-24(32)35-16-18-8-3-2-4-9-18/h2-6,8-10,12,14,17,22H,7,11,13,15-16H2,1H3,(H,29,32)(H,30,31)/b20-14+/t17-,22+/m0/s1. The zero-order valence-electron chi connectivity index (χ0n) is 20.0. The van der Waals surface area contributed by atoms with E-state index in [1.54, 1.807) is 30.3 Å². The molecule has 0 saturated heterocycles. The van der Waals surface area contributed by atoms with E-state index in [-0.39, 0.29) is 12.6 Å². The Hall–Kier alpha value is -3.54. The molecule has 37 heavy (non-hydrogen) atoms. The number of hydrogen-bond acceptors (Lipinski definition) is 6. The molecule has 0 aliphatic heterocycles. The van der Waals surface area contributed by atoms with Crippen LogP contribution >= 0.6 is 0 Å². The Morgan fingerprint density at radius 1 is 1.11 bits per heavy atom. The predicted molar refractivity (Wildman–Crippen MR) is 128 cm³/mol. The fourth-order valence-corrected chi connectivity index (χ4v) is 4.29. The number of hydrogen-bond donors (Lipinski definition) is 2.